The summed E-state index contributed by atoms with van der Waals surface area (Å²) < 4.78 is 22.8. The molecule has 5 heteroatoms. The van der Waals surface area contributed by atoms with Crippen LogP contribution in [0.25, 0.3) is 0 Å². The summed E-state index contributed by atoms with van der Waals surface area (Å²) in [6.07, 6.45) is 0.458. The Bertz CT molecular complexity index is 580. The topological polar surface area (TPSA) is 54.5 Å². The molecule has 1 amide bonds. The lowest BCUT2D eigenvalue weighted by molar-refractivity contribution is -0.133. The van der Waals surface area contributed by atoms with Gasteiger partial charge in [-0.25, -0.2) is 8.42 Å². The van der Waals surface area contributed by atoms with Gasteiger partial charge in [-0.3, -0.25) is 4.79 Å². The molecule has 0 unspecified atom stereocenters. The lowest BCUT2D eigenvalue weighted by Gasteiger charge is -2.21. The number of rotatable bonds is 3. The van der Waals surface area contributed by atoms with E-state index in [2.05, 4.69) is 0 Å². The monoisotopic (exact) mass is 281 g/mol. The van der Waals surface area contributed by atoms with Crippen molar-refractivity contribution in [1.82, 2.24) is 4.90 Å². The molecule has 1 aromatic rings. The van der Waals surface area contributed by atoms with Crippen LogP contribution in [-0.4, -0.2) is 37.8 Å². The Kier molecular flexibility index (Phi) is 3.94. The summed E-state index contributed by atoms with van der Waals surface area (Å²) >= 11 is 0. The van der Waals surface area contributed by atoms with Crippen LogP contribution in [0.15, 0.2) is 24.3 Å². The maximum atomic E-state index is 12.2. The minimum atomic E-state index is -3.00. The Morgan fingerprint density at radius 1 is 1.37 bits per heavy atom. The molecule has 1 aromatic carbocycles. The zero-order chi connectivity index (χ0) is 14.0. The third-order valence-corrected chi connectivity index (χ3v) is 5.39. The number of sulfone groups is 1. The van der Waals surface area contributed by atoms with Gasteiger partial charge in [-0.1, -0.05) is 24.3 Å². The molecule has 1 atom stereocenters. The first-order valence-corrected chi connectivity index (χ1v) is 8.21. The van der Waals surface area contributed by atoms with E-state index >= 15 is 0 Å². The van der Waals surface area contributed by atoms with Gasteiger partial charge in [0, 0.05) is 13.6 Å². The van der Waals surface area contributed by atoms with Gasteiger partial charge in [-0.2, -0.15) is 0 Å². The van der Waals surface area contributed by atoms with Gasteiger partial charge in [0.2, 0.25) is 5.91 Å². The van der Waals surface area contributed by atoms with E-state index in [-0.39, 0.29) is 23.3 Å². The van der Waals surface area contributed by atoms with Gasteiger partial charge < -0.3 is 4.90 Å². The normalized spacial score (nSPS) is 21.3. The molecule has 2 rings (SSSR count). The average molecular weight is 281 g/mol. The Labute approximate surface area is 114 Å². The second-order valence-corrected chi connectivity index (χ2v) is 7.45. The van der Waals surface area contributed by atoms with Crippen molar-refractivity contribution in [2.45, 2.75) is 19.9 Å². The van der Waals surface area contributed by atoms with Crippen LogP contribution in [-0.2, 0) is 21.2 Å². The molecule has 1 aliphatic heterocycles. The van der Waals surface area contributed by atoms with Crippen LogP contribution >= 0.6 is 0 Å². The first-order valence-electron chi connectivity index (χ1n) is 6.39. The zero-order valence-corrected chi connectivity index (χ0v) is 12.1. The van der Waals surface area contributed by atoms with E-state index < -0.39 is 9.84 Å². The largest absolute Gasteiger partial charge is 0.341 e. The highest BCUT2D eigenvalue weighted by atomic mass is 32.2. The molecule has 0 bridgehead atoms. The SMILES string of the molecule is Cc1ccccc1CN(C)C(=O)[C@H]1CCS(=O)(=O)C1. The van der Waals surface area contributed by atoms with Gasteiger partial charge in [0.05, 0.1) is 17.4 Å². The van der Waals surface area contributed by atoms with Crippen LogP contribution < -0.4 is 0 Å². The van der Waals surface area contributed by atoms with Gasteiger partial charge >= 0.3 is 0 Å². The Morgan fingerprint density at radius 2 is 2.05 bits per heavy atom. The molecule has 19 heavy (non-hydrogen) atoms. The van der Waals surface area contributed by atoms with Crippen molar-refractivity contribution in [2.75, 3.05) is 18.6 Å². The predicted molar refractivity (Wildman–Crippen MR) is 74.4 cm³/mol. The second-order valence-electron chi connectivity index (χ2n) is 5.22. The van der Waals surface area contributed by atoms with E-state index in [1.807, 2.05) is 31.2 Å². The molecule has 1 saturated heterocycles. The van der Waals surface area contributed by atoms with Crippen LogP contribution in [0, 0.1) is 12.8 Å². The van der Waals surface area contributed by atoms with Crippen molar-refractivity contribution in [3.8, 4) is 0 Å². The van der Waals surface area contributed by atoms with Gasteiger partial charge in [0.15, 0.2) is 9.84 Å². The molecular formula is C14H19NO3S. The third kappa shape index (κ3) is 3.35. The highest BCUT2D eigenvalue weighted by Gasteiger charge is 2.34. The molecule has 0 aromatic heterocycles. The van der Waals surface area contributed by atoms with Crippen molar-refractivity contribution in [2.24, 2.45) is 5.92 Å². The summed E-state index contributed by atoms with van der Waals surface area (Å²) in [5, 5.41) is 0. The summed E-state index contributed by atoms with van der Waals surface area (Å²) in [4.78, 5) is 13.8. The van der Waals surface area contributed by atoms with Crippen LogP contribution in [0.1, 0.15) is 17.5 Å². The molecule has 0 aliphatic carbocycles. The summed E-state index contributed by atoms with van der Waals surface area (Å²) in [6.45, 7) is 2.54. The van der Waals surface area contributed by atoms with E-state index in [4.69, 9.17) is 0 Å². The molecule has 0 radical (unpaired) electrons. The van der Waals surface area contributed by atoms with Crippen molar-refractivity contribution in [1.29, 1.82) is 0 Å². The summed E-state index contributed by atoms with van der Waals surface area (Å²) in [7, 11) is -1.27. The standard InChI is InChI=1S/C14H19NO3S/c1-11-5-3-4-6-12(11)9-15(2)14(16)13-7-8-19(17,18)10-13/h3-6,13H,7-10H2,1-2H3/t13-/m0/s1. The fourth-order valence-corrected chi connectivity index (χ4v) is 4.15. The van der Waals surface area contributed by atoms with Crippen molar-refractivity contribution >= 4 is 15.7 Å². The molecule has 0 saturated carbocycles. The number of aryl methyl sites for hydroxylation is 1. The Morgan fingerprint density at radius 3 is 2.63 bits per heavy atom. The molecule has 4 nitrogen and oxygen atoms in total. The van der Waals surface area contributed by atoms with Crippen LogP contribution in [0.3, 0.4) is 0 Å². The molecular weight excluding hydrogens is 262 g/mol. The highest BCUT2D eigenvalue weighted by Crippen LogP contribution is 2.21. The minimum absolute atomic E-state index is 0.00391. The number of carbonyl (C=O) groups is 1. The first-order chi connectivity index (χ1) is 8.89. The number of nitrogens with zero attached hydrogens (tertiary/aromatic N) is 1. The maximum absolute atomic E-state index is 12.2. The highest BCUT2D eigenvalue weighted by molar-refractivity contribution is 7.91. The van der Waals surface area contributed by atoms with Crippen LogP contribution in [0.2, 0.25) is 0 Å². The number of carbonyl (C=O) groups excluding carboxylic acids is 1. The van der Waals surface area contributed by atoms with Crippen molar-refractivity contribution < 1.29 is 13.2 Å². The number of hydrogen-bond donors (Lipinski definition) is 0. The molecule has 1 fully saturated rings. The summed E-state index contributed by atoms with van der Waals surface area (Å²) in [5.41, 5.74) is 2.24. The maximum Gasteiger partial charge on any atom is 0.226 e. The number of amides is 1. The smallest absolute Gasteiger partial charge is 0.226 e. The van der Waals surface area contributed by atoms with Crippen LogP contribution in [0.4, 0.5) is 0 Å². The predicted octanol–water partition coefficient (Wildman–Crippen LogP) is 1.39. The first kappa shape index (κ1) is 14.1. The average Bonchev–Trinajstić information content (AvgIpc) is 2.71. The van der Waals surface area contributed by atoms with Gasteiger partial charge in [0.1, 0.15) is 0 Å². The lowest BCUT2D eigenvalue weighted by atomic mass is 10.1. The van der Waals surface area contributed by atoms with E-state index in [1.165, 1.54) is 0 Å². The van der Waals surface area contributed by atoms with Crippen LogP contribution in [0.5, 0.6) is 0 Å². The van der Waals surface area contributed by atoms with E-state index in [1.54, 1.807) is 11.9 Å². The third-order valence-electron chi connectivity index (χ3n) is 3.63. The van der Waals surface area contributed by atoms with E-state index in [9.17, 15) is 13.2 Å². The van der Waals surface area contributed by atoms with Crippen molar-refractivity contribution in [3.63, 3.8) is 0 Å². The van der Waals surface area contributed by atoms with Gasteiger partial charge in [-0.15, -0.1) is 0 Å². The molecule has 0 spiro atoms. The molecule has 0 N–H and O–H groups in total. The number of benzene rings is 1. The van der Waals surface area contributed by atoms with Gasteiger partial charge in [-0.05, 0) is 24.5 Å². The lowest BCUT2D eigenvalue weighted by Crippen LogP contribution is -2.33. The van der Waals surface area contributed by atoms with Crippen molar-refractivity contribution in [3.05, 3.63) is 35.4 Å². The second kappa shape index (κ2) is 5.33. The van der Waals surface area contributed by atoms with E-state index in [0.29, 0.717) is 13.0 Å². The molecule has 1 heterocycles. The molecule has 104 valence electrons. The number of hydrogen-bond acceptors (Lipinski definition) is 3. The Hall–Kier alpha value is -1.36. The summed E-state index contributed by atoms with van der Waals surface area (Å²) in [5.74, 6) is -0.283. The van der Waals surface area contributed by atoms with E-state index in [0.717, 1.165) is 11.1 Å². The quantitative estimate of drug-likeness (QED) is 0.841. The fourth-order valence-electron chi connectivity index (χ4n) is 2.42. The Balaban J connectivity index is 2.03. The molecule has 1 aliphatic rings. The van der Waals surface area contributed by atoms with Gasteiger partial charge in [0.25, 0.3) is 0 Å². The zero-order valence-electron chi connectivity index (χ0n) is 11.3. The summed E-state index contributed by atoms with van der Waals surface area (Å²) in [6, 6.07) is 7.91. The minimum Gasteiger partial charge on any atom is -0.341 e. The fraction of sp³-hybridized carbons (Fsp3) is 0.500.